The fourth-order valence-corrected chi connectivity index (χ4v) is 3.42. The van der Waals surface area contributed by atoms with Crippen molar-refractivity contribution in [2.75, 3.05) is 44.6 Å². The maximum absolute atomic E-state index is 13.7. The van der Waals surface area contributed by atoms with E-state index in [1.807, 2.05) is 20.8 Å². The molecule has 8 heteroatoms. The summed E-state index contributed by atoms with van der Waals surface area (Å²) in [6.07, 6.45) is 0.937. The number of carbonyl (C=O) groups is 2. The molecule has 0 aromatic heterocycles. The molecular formula is C19H30ClFN4O2+2. The van der Waals surface area contributed by atoms with Gasteiger partial charge in [-0.3, -0.25) is 9.59 Å². The van der Waals surface area contributed by atoms with Crippen LogP contribution in [0.25, 0.3) is 0 Å². The smallest absolute Gasteiger partial charge is 0.279 e. The van der Waals surface area contributed by atoms with Gasteiger partial charge in [-0.15, -0.1) is 0 Å². The third-order valence-electron chi connectivity index (χ3n) is 4.43. The van der Waals surface area contributed by atoms with Crippen molar-refractivity contribution in [2.24, 2.45) is 0 Å². The van der Waals surface area contributed by atoms with Crippen molar-refractivity contribution < 1.29 is 23.8 Å². The second-order valence-electron chi connectivity index (χ2n) is 8.18. The highest BCUT2D eigenvalue weighted by Crippen LogP contribution is 2.19. The van der Waals surface area contributed by atoms with Crippen LogP contribution < -0.4 is 20.4 Å². The molecule has 0 spiro atoms. The first-order valence-corrected chi connectivity index (χ1v) is 9.73. The first kappa shape index (κ1) is 21.6. The average Bonchev–Trinajstić information content (AvgIpc) is 2.74. The molecule has 150 valence electrons. The van der Waals surface area contributed by atoms with E-state index in [1.54, 1.807) is 0 Å². The fraction of sp³-hybridized carbons (Fsp3) is 0.579. The third kappa shape index (κ3) is 7.82. The molecule has 1 aromatic rings. The van der Waals surface area contributed by atoms with E-state index in [-0.39, 0.29) is 29.6 Å². The summed E-state index contributed by atoms with van der Waals surface area (Å²) in [4.78, 5) is 26.7. The van der Waals surface area contributed by atoms with Gasteiger partial charge in [0.15, 0.2) is 13.1 Å². The Morgan fingerprint density at radius 3 is 2.26 bits per heavy atom. The summed E-state index contributed by atoms with van der Waals surface area (Å²) >= 11 is 5.85. The van der Waals surface area contributed by atoms with E-state index in [4.69, 9.17) is 11.6 Å². The van der Waals surface area contributed by atoms with Crippen molar-refractivity contribution in [3.63, 3.8) is 0 Å². The molecule has 0 aliphatic carbocycles. The van der Waals surface area contributed by atoms with Gasteiger partial charge in [0.2, 0.25) is 0 Å². The lowest BCUT2D eigenvalue weighted by molar-refractivity contribution is -0.930. The van der Waals surface area contributed by atoms with Crippen LogP contribution in [0, 0.1) is 5.82 Å². The van der Waals surface area contributed by atoms with E-state index < -0.39 is 5.82 Å². The van der Waals surface area contributed by atoms with Crippen LogP contribution in [0.2, 0.25) is 5.02 Å². The number of quaternary nitrogens is 2. The summed E-state index contributed by atoms with van der Waals surface area (Å²) < 4.78 is 13.7. The van der Waals surface area contributed by atoms with Gasteiger partial charge in [0, 0.05) is 17.0 Å². The van der Waals surface area contributed by atoms with E-state index in [2.05, 4.69) is 10.6 Å². The lowest BCUT2D eigenvalue weighted by atomic mass is 10.1. The first-order valence-electron chi connectivity index (χ1n) is 9.35. The van der Waals surface area contributed by atoms with E-state index in [9.17, 15) is 14.0 Å². The van der Waals surface area contributed by atoms with Gasteiger partial charge in [-0.25, -0.2) is 4.39 Å². The van der Waals surface area contributed by atoms with Gasteiger partial charge in [0.1, 0.15) is 18.9 Å². The van der Waals surface area contributed by atoms with Gasteiger partial charge < -0.3 is 20.4 Å². The highest BCUT2D eigenvalue weighted by molar-refractivity contribution is 6.30. The predicted molar refractivity (Wildman–Crippen MR) is 104 cm³/mol. The number of halogens is 2. The molecule has 2 amide bonds. The zero-order valence-corrected chi connectivity index (χ0v) is 17.0. The van der Waals surface area contributed by atoms with Gasteiger partial charge in [-0.1, -0.05) is 11.6 Å². The quantitative estimate of drug-likeness (QED) is 0.538. The summed E-state index contributed by atoms with van der Waals surface area (Å²) in [5, 5.41) is 5.96. The molecule has 0 radical (unpaired) electrons. The summed E-state index contributed by atoms with van der Waals surface area (Å²) in [7, 11) is 0. The van der Waals surface area contributed by atoms with Crippen molar-refractivity contribution in [2.45, 2.75) is 32.7 Å². The van der Waals surface area contributed by atoms with Gasteiger partial charge in [0.25, 0.3) is 11.8 Å². The van der Waals surface area contributed by atoms with E-state index in [1.165, 1.54) is 23.1 Å². The monoisotopic (exact) mass is 400 g/mol. The Morgan fingerprint density at radius 2 is 1.67 bits per heavy atom. The van der Waals surface area contributed by atoms with E-state index in [0.29, 0.717) is 11.6 Å². The summed E-state index contributed by atoms with van der Waals surface area (Å²) in [5.41, 5.74) is -0.124. The second kappa shape index (κ2) is 9.48. The Kier molecular flexibility index (Phi) is 7.59. The molecular weight excluding hydrogens is 371 g/mol. The van der Waals surface area contributed by atoms with Crippen LogP contribution in [0.5, 0.6) is 0 Å². The van der Waals surface area contributed by atoms with Gasteiger partial charge in [-0.2, -0.15) is 0 Å². The van der Waals surface area contributed by atoms with Crippen LogP contribution >= 0.6 is 11.6 Å². The van der Waals surface area contributed by atoms with Crippen LogP contribution in [0.15, 0.2) is 18.2 Å². The molecule has 1 heterocycles. The van der Waals surface area contributed by atoms with Crippen LogP contribution in [-0.4, -0.2) is 56.6 Å². The number of hydrogen-bond donors (Lipinski definition) is 4. The molecule has 2 unspecified atom stereocenters. The third-order valence-corrected chi connectivity index (χ3v) is 4.67. The number of rotatable bonds is 5. The summed E-state index contributed by atoms with van der Waals surface area (Å²) in [6, 6.07) is 4.09. The van der Waals surface area contributed by atoms with Crippen molar-refractivity contribution >= 4 is 29.1 Å². The highest BCUT2D eigenvalue weighted by Gasteiger charge is 2.25. The number of carbonyl (C=O) groups excluding carboxylic acids is 2. The fourth-order valence-electron chi connectivity index (χ4n) is 3.25. The van der Waals surface area contributed by atoms with Gasteiger partial charge >= 0.3 is 0 Å². The van der Waals surface area contributed by atoms with Gasteiger partial charge in [0.05, 0.1) is 18.8 Å². The highest BCUT2D eigenvalue weighted by atomic mass is 35.5. The van der Waals surface area contributed by atoms with Crippen LogP contribution in [0.1, 0.15) is 27.2 Å². The molecule has 6 nitrogen and oxygen atoms in total. The number of amides is 2. The second-order valence-corrected chi connectivity index (χ2v) is 8.61. The minimum absolute atomic E-state index is 0.0510. The minimum atomic E-state index is -0.501. The Bertz CT molecular complexity index is 678. The lowest BCUT2D eigenvalue weighted by Crippen LogP contribution is -3.18. The number of anilines is 1. The SMILES string of the molecule is CC(C)(C)NC(=O)C[NH+]1CCC[NH+](CC(=O)Nc2cc(Cl)ccc2F)CC1. The molecule has 1 aromatic carbocycles. The standard InChI is InChI=1S/C19H28ClFN4O2/c1-19(2,3)23-18(27)13-25-8-4-7-24(9-10-25)12-17(26)22-16-11-14(20)5-6-15(16)21/h5-6,11H,4,7-10,12-13H2,1-3H3,(H,22,26)(H,23,27)/p+2. The molecule has 1 saturated heterocycles. The normalized spacial score (nSPS) is 20.6. The molecule has 0 bridgehead atoms. The molecule has 2 rings (SSSR count). The van der Waals surface area contributed by atoms with Crippen molar-refractivity contribution in [1.29, 1.82) is 0 Å². The van der Waals surface area contributed by atoms with E-state index in [0.717, 1.165) is 37.5 Å². The average molecular weight is 401 g/mol. The Morgan fingerprint density at radius 1 is 1.07 bits per heavy atom. The minimum Gasteiger partial charge on any atom is -0.347 e. The maximum atomic E-state index is 13.7. The van der Waals surface area contributed by atoms with Crippen molar-refractivity contribution in [3.8, 4) is 0 Å². The first-order chi connectivity index (χ1) is 12.6. The largest absolute Gasteiger partial charge is 0.347 e. The topological polar surface area (TPSA) is 67.1 Å². The molecule has 0 saturated carbocycles. The summed E-state index contributed by atoms with van der Waals surface area (Å²) in [6.45, 7) is 10.0. The lowest BCUT2D eigenvalue weighted by Gasteiger charge is -2.22. The van der Waals surface area contributed by atoms with Crippen LogP contribution in [-0.2, 0) is 9.59 Å². The van der Waals surface area contributed by atoms with Gasteiger partial charge in [-0.05, 0) is 39.0 Å². The maximum Gasteiger partial charge on any atom is 0.279 e. The predicted octanol–water partition coefficient (Wildman–Crippen LogP) is -0.494. The Balaban J connectivity index is 1.81. The molecule has 2 atom stereocenters. The molecule has 27 heavy (non-hydrogen) atoms. The number of nitrogens with one attached hydrogen (secondary N) is 4. The molecule has 1 fully saturated rings. The van der Waals surface area contributed by atoms with Crippen LogP contribution in [0.4, 0.5) is 10.1 Å². The molecule has 1 aliphatic heterocycles. The number of hydrogen-bond acceptors (Lipinski definition) is 2. The Labute approximate surface area is 165 Å². The zero-order valence-electron chi connectivity index (χ0n) is 16.3. The van der Waals surface area contributed by atoms with Crippen molar-refractivity contribution in [1.82, 2.24) is 5.32 Å². The Hall–Kier alpha value is -1.70. The molecule has 4 N–H and O–H groups in total. The zero-order chi connectivity index (χ0) is 20.0. The van der Waals surface area contributed by atoms with Crippen molar-refractivity contribution in [3.05, 3.63) is 29.0 Å². The molecule has 1 aliphatic rings. The number of benzene rings is 1. The van der Waals surface area contributed by atoms with Crippen LogP contribution in [0.3, 0.4) is 0 Å². The summed E-state index contributed by atoms with van der Waals surface area (Å²) in [5.74, 6) is -0.686. The van der Waals surface area contributed by atoms with E-state index >= 15 is 0 Å².